The number of carbonyl (C=O) groups is 1. The number of hydrogen-bond donors (Lipinski definition) is 0. The Hall–Kier alpha value is -2.34. The van der Waals surface area contributed by atoms with Gasteiger partial charge in [-0.25, -0.2) is 8.42 Å². The number of benzene rings is 2. The molecule has 0 saturated heterocycles. The Morgan fingerprint density at radius 2 is 1.81 bits per heavy atom. The van der Waals surface area contributed by atoms with Gasteiger partial charge in [-0.2, -0.15) is 0 Å². The molecule has 2 aliphatic heterocycles. The minimum Gasteiger partial charge on any atom is -0.308 e. The number of fused-ring (bicyclic) bond motifs is 2. The lowest BCUT2D eigenvalue weighted by molar-refractivity contribution is 0.0985. The Labute approximate surface area is 160 Å². The second-order valence-corrected chi connectivity index (χ2v) is 9.51. The monoisotopic (exact) mass is 384 g/mol. The van der Waals surface area contributed by atoms with Crippen LogP contribution in [-0.4, -0.2) is 33.2 Å². The molecule has 142 valence electrons. The third kappa shape index (κ3) is 3.12. The fourth-order valence-corrected chi connectivity index (χ4v) is 5.60. The zero-order valence-corrected chi connectivity index (χ0v) is 16.7. The molecule has 2 aromatic carbocycles. The number of anilines is 2. The highest BCUT2D eigenvalue weighted by atomic mass is 32.2. The third-order valence-corrected chi connectivity index (χ3v) is 6.71. The maximum absolute atomic E-state index is 13.2. The zero-order chi connectivity index (χ0) is 19.3. The average molecular weight is 385 g/mol. The second kappa shape index (κ2) is 6.37. The van der Waals surface area contributed by atoms with Crippen molar-refractivity contribution in [1.82, 2.24) is 0 Å². The lowest BCUT2D eigenvalue weighted by atomic mass is 9.98. The summed E-state index contributed by atoms with van der Waals surface area (Å²) in [5, 5.41) is 0. The summed E-state index contributed by atoms with van der Waals surface area (Å²) in [6, 6.07) is 11.5. The van der Waals surface area contributed by atoms with Gasteiger partial charge in [0.1, 0.15) is 0 Å². The van der Waals surface area contributed by atoms with Crippen LogP contribution in [0.5, 0.6) is 0 Å². The summed E-state index contributed by atoms with van der Waals surface area (Å²) in [5.74, 6) is -0.0203. The van der Waals surface area contributed by atoms with E-state index in [-0.39, 0.29) is 11.9 Å². The Balaban J connectivity index is 1.69. The predicted molar refractivity (Wildman–Crippen MR) is 108 cm³/mol. The molecule has 2 aromatic rings. The maximum Gasteiger partial charge on any atom is 0.258 e. The third-order valence-electron chi connectivity index (χ3n) is 5.44. The Morgan fingerprint density at radius 3 is 2.56 bits per heavy atom. The SMILES string of the molecule is Cc1ccc2c(c1)CCCN2C(=O)c1ccc2c(c1)CC(C)N2S(C)(=O)=O. The fraction of sp³-hybridized carbons (Fsp3) is 0.381. The summed E-state index contributed by atoms with van der Waals surface area (Å²) in [6.45, 7) is 4.67. The molecule has 0 aromatic heterocycles. The molecule has 0 aliphatic carbocycles. The van der Waals surface area contributed by atoms with E-state index in [0.29, 0.717) is 24.2 Å². The van der Waals surface area contributed by atoms with E-state index in [2.05, 4.69) is 13.0 Å². The van der Waals surface area contributed by atoms with Gasteiger partial charge in [0.05, 0.1) is 11.9 Å². The number of carbonyl (C=O) groups excluding carboxylic acids is 1. The topological polar surface area (TPSA) is 57.7 Å². The van der Waals surface area contributed by atoms with Crippen LogP contribution in [0.2, 0.25) is 0 Å². The molecule has 1 atom stereocenters. The molecular weight excluding hydrogens is 360 g/mol. The van der Waals surface area contributed by atoms with Gasteiger partial charge in [0, 0.05) is 23.8 Å². The molecule has 1 unspecified atom stereocenters. The van der Waals surface area contributed by atoms with Gasteiger partial charge in [-0.1, -0.05) is 17.7 Å². The summed E-state index contributed by atoms with van der Waals surface area (Å²) in [7, 11) is -3.32. The first-order chi connectivity index (χ1) is 12.8. The first-order valence-corrected chi connectivity index (χ1v) is 11.1. The van der Waals surface area contributed by atoms with Gasteiger partial charge in [0.15, 0.2) is 0 Å². The highest BCUT2D eigenvalue weighted by Crippen LogP contribution is 2.36. The fourth-order valence-electron chi connectivity index (χ4n) is 4.33. The van der Waals surface area contributed by atoms with E-state index in [4.69, 9.17) is 0 Å². The standard InChI is InChI=1S/C21H24N2O3S/c1-14-6-8-19-16(11-14)5-4-10-22(19)21(24)17-7-9-20-18(13-17)12-15(2)23(20)27(3,25)26/h6-9,11,13,15H,4-5,10,12H2,1-3H3. The van der Waals surface area contributed by atoms with Crippen LogP contribution in [-0.2, 0) is 22.9 Å². The molecule has 0 radical (unpaired) electrons. The number of rotatable bonds is 2. The first-order valence-electron chi connectivity index (χ1n) is 9.29. The van der Waals surface area contributed by atoms with Crippen LogP contribution in [0.25, 0.3) is 0 Å². The van der Waals surface area contributed by atoms with Gasteiger partial charge in [-0.15, -0.1) is 0 Å². The number of amides is 1. The van der Waals surface area contributed by atoms with Crippen molar-refractivity contribution < 1.29 is 13.2 Å². The molecule has 0 N–H and O–H groups in total. The van der Waals surface area contributed by atoms with Crippen molar-refractivity contribution in [1.29, 1.82) is 0 Å². The molecule has 5 nitrogen and oxygen atoms in total. The summed E-state index contributed by atoms with van der Waals surface area (Å²) in [4.78, 5) is 15.1. The molecule has 0 spiro atoms. The number of hydrogen-bond acceptors (Lipinski definition) is 3. The molecular formula is C21H24N2O3S. The first kappa shape index (κ1) is 18.0. The van der Waals surface area contributed by atoms with Gasteiger partial charge < -0.3 is 4.90 Å². The van der Waals surface area contributed by atoms with Gasteiger partial charge in [0.2, 0.25) is 10.0 Å². The van der Waals surface area contributed by atoms with E-state index >= 15 is 0 Å². The van der Waals surface area contributed by atoms with Crippen LogP contribution < -0.4 is 9.21 Å². The van der Waals surface area contributed by atoms with Crippen molar-refractivity contribution in [3.63, 3.8) is 0 Å². The van der Waals surface area contributed by atoms with Crippen LogP contribution in [0, 0.1) is 6.92 Å². The summed E-state index contributed by atoms with van der Waals surface area (Å²) >= 11 is 0. The van der Waals surface area contributed by atoms with E-state index in [0.717, 1.165) is 24.1 Å². The van der Waals surface area contributed by atoms with Gasteiger partial charge in [-0.05, 0) is 68.5 Å². The summed E-state index contributed by atoms with van der Waals surface area (Å²) in [5.41, 5.74) is 5.63. The maximum atomic E-state index is 13.2. The van der Waals surface area contributed by atoms with Gasteiger partial charge in [0.25, 0.3) is 5.91 Å². The minimum absolute atomic E-state index is 0.0203. The van der Waals surface area contributed by atoms with Crippen LogP contribution in [0.4, 0.5) is 11.4 Å². The molecule has 0 bridgehead atoms. The Bertz CT molecular complexity index is 1030. The van der Waals surface area contributed by atoms with Crippen molar-refractivity contribution in [2.45, 2.75) is 39.2 Å². The van der Waals surface area contributed by atoms with Gasteiger partial charge >= 0.3 is 0 Å². The smallest absolute Gasteiger partial charge is 0.258 e. The van der Waals surface area contributed by atoms with E-state index in [1.54, 1.807) is 12.1 Å². The van der Waals surface area contributed by atoms with Crippen LogP contribution in [0.15, 0.2) is 36.4 Å². The summed E-state index contributed by atoms with van der Waals surface area (Å²) < 4.78 is 25.6. The van der Waals surface area contributed by atoms with Crippen molar-refractivity contribution in [3.8, 4) is 0 Å². The molecule has 2 aliphatic rings. The lowest BCUT2D eigenvalue weighted by Gasteiger charge is -2.30. The largest absolute Gasteiger partial charge is 0.308 e. The van der Waals surface area contributed by atoms with Gasteiger partial charge in [-0.3, -0.25) is 9.10 Å². The molecule has 0 saturated carbocycles. The van der Waals surface area contributed by atoms with Crippen LogP contribution >= 0.6 is 0 Å². The number of sulfonamides is 1. The Kier molecular flexibility index (Phi) is 4.26. The van der Waals surface area contributed by atoms with E-state index in [1.807, 2.05) is 30.0 Å². The van der Waals surface area contributed by atoms with E-state index in [9.17, 15) is 13.2 Å². The van der Waals surface area contributed by atoms with Crippen molar-refractivity contribution in [3.05, 3.63) is 58.7 Å². The highest BCUT2D eigenvalue weighted by Gasteiger charge is 2.33. The highest BCUT2D eigenvalue weighted by molar-refractivity contribution is 7.92. The molecule has 4 rings (SSSR count). The molecule has 0 fully saturated rings. The predicted octanol–water partition coefficient (Wildman–Crippen LogP) is 3.30. The van der Waals surface area contributed by atoms with Crippen molar-refractivity contribution in [2.75, 3.05) is 22.0 Å². The van der Waals surface area contributed by atoms with Crippen molar-refractivity contribution >= 4 is 27.3 Å². The second-order valence-electron chi connectivity index (χ2n) is 7.65. The van der Waals surface area contributed by atoms with E-state index < -0.39 is 10.0 Å². The molecule has 6 heteroatoms. The average Bonchev–Trinajstić information content (AvgIpc) is 2.95. The number of nitrogens with zero attached hydrogens (tertiary/aromatic N) is 2. The summed E-state index contributed by atoms with van der Waals surface area (Å²) in [6.07, 6.45) is 3.79. The van der Waals surface area contributed by atoms with Crippen LogP contribution in [0.3, 0.4) is 0 Å². The zero-order valence-electron chi connectivity index (χ0n) is 15.9. The van der Waals surface area contributed by atoms with Crippen molar-refractivity contribution in [2.24, 2.45) is 0 Å². The molecule has 1 amide bonds. The lowest BCUT2D eigenvalue weighted by Crippen LogP contribution is -2.35. The quantitative estimate of drug-likeness (QED) is 0.798. The number of aryl methyl sites for hydroxylation is 2. The Morgan fingerprint density at radius 1 is 1.07 bits per heavy atom. The normalized spacial score (nSPS) is 19.0. The minimum atomic E-state index is -3.32. The molecule has 2 heterocycles. The molecule has 27 heavy (non-hydrogen) atoms. The van der Waals surface area contributed by atoms with Crippen LogP contribution in [0.1, 0.15) is 40.4 Å². The van der Waals surface area contributed by atoms with E-state index in [1.165, 1.54) is 21.7 Å².